The number of rotatable bonds is 0. The van der Waals surface area contributed by atoms with E-state index in [4.69, 9.17) is 11.6 Å². The Bertz CT molecular complexity index is 519. The third kappa shape index (κ3) is 6.44. The normalized spacial score (nSPS) is 8.47. The van der Waals surface area contributed by atoms with Crippen molar-refractivity contribution in [3.8, 4) is 0 Å². The number of hydrogen-bond donors (Lipinski definition) is 0. The first-order valence-electron chi connectivity index (χ1n) is 5.42. The van der Waals surface area contributed by atoms with E-state index in [0.29, 0.717) is 0 Å². The van der Waals surface area contributed by atoms with Gasteiger partial charge in [0, 0.05) is 0 Å². The van der Waals surface area contributed by atoms with Crippen molar-refractivity contribution in [1.82, 2.24) is 0 Å². The minimum atomic E-state index is 0. The molecule has 3 heteroatoms. The molecule has 92 valence electrons. The van der Waals surface area contributed by atoms with Gasteiger partial charge in [0.05, 0.1) is 0 Å². The summed E-state index contributed by atoms with van der Waals surface area (Å²) < 4.78 is 0. The molecule has 0 radical (unpaired) electrons. The van der Waals surface area contributed by atoms with Gasteiger partial charge in [0.15, 0.2) is 0 Å². The van der Waals surface area contributed by atoms with Gasteiger partial charge in [-0.05, 0) is 10.8 Å². The summed E-state index contributed by atoms with van der Waals surface area (Å²) in [5, 5.41) is 3.38. The van der Waals surface area contributed by atoms with Crippen molar-refractivity contribution in [3.63, 3.8) is 0 Å². The van der Waals surface area contributed by atoms with E-state index in [0.717, 1.165) is 5.02 Å². The Labute approximate surface area is 145 Å². The van der Waals surface area contributed by atoms with Crippen molar-refractivity contribution in [3.05, 3.63) is 83.9 Å². The maximum atomic E-state index is 5.52. The predicted molar refractivity (Wildman–Crippen MR) is 80.0 cm³/mol. The van der Waals surface area contributed by atoms with Crippen LogP contribution in [-0.4, -0.2) is 23.1 Å². The third-order valence-electron chi connectivity index (χ3n) is 2.34. The van der Waals surface area contributed by atoms with Crippen LogP contribution in [0.4, 0.5) is 0 Å². The van der Waals surface area contributed by atoms with Gasteiger partial charge in [0.2, 0.25) is 0 Å². The fourth-order valence-electron chi connectivity index (χ4n) is 1.50. The van der Waals surface area contributed by atoms with E-state index < -0.39 is 0 Å². The summed E-state index contributed by atoms with van der Waals surface area (Å²) in [6.07, 6.45) is 0. The van der Waals surface area contributed by atoms with Crippen molar-refractivity contribution in [2.75, 3.05) is 0 Å². The summed E-state index contributed by atoms with van der Waals surface area (Å²) in [6, 6.07) is 26.7. The Balaban J connectivity index is 0.000000325. The van der Waals surface area contributed by atoms with Crippen molar-refractivity contribution in [2.24, 2.45) is 0 Å². The van der Waals surface area contributed by atoms with Crippen molar-refractivity contribution in [1.29, 1.82) is 0 Å². The zero-order chi connectivity index (χ0) is 11.9. The van der Waals surface area contributed by atoms with Gasteiger partial charge in [-0.2, -0.15) is 30.3 Å². The first-order chi connectivity index (χ1) is 8.36. The van der Waals surface area contributed by atoms with E-state index >= 15 is 0 Å². The molecule has 3 rings (SSSR count). The van der Waals surface area contributed by atoms with Crippen molar-refractivity contribution in [2.45, 2.75) is 0 Å². The van der Waals surface area contributed by atoms with Crippen LogP contribution in [0.25, 0.3) is 10.8 Å². The Morgan fingerprint density at radius 1 is 0.684 bits per heavy atom. The van der Waals surface area contributed by atoms with Gasteiger partial charge >= 0.3 is 23.1 Å². The van der Waals surface area contributed by atoms with Gasteiger partial charge < -0.3 is 17.0 Å². The fraction of sp³-hybridized carbons (Fsp3) is 0. The molecule has 0 saturated carbocycles. The number of halogens is 2. The third-order valence-corrected chi connectivity index (χ3v) is 2.59. The number of benzene rings is 3. The minimum Gasteiger partial charge on any atom is -1.00 e. The minimum absolute atomic E-state index is 0. The molecule has 0 aromatic heterocycles. The predicted octanol–water partition coefficient (Wildman–Crippen LogP) is 1.60. The van der Waals surface area contributed by atoms with E-state index in [1.807, 2.05) is 0 Å². The van der Waals surface area contributed by atoms with Crippen LogP contribution < -0.4 is 17.0 Å². The largest absolute Gasteiger partial charge is 2.00 e. The summed E-state index contributed by atoms with van der Waals surface area (Å²) in [7, 11) is 0. The summed E-state index contributed by atoms with van der Waals surface area (Å²) >= 11 is 5.52. The molecule has 0 amide bonds. The average Bonchev–Trinajstić information content (AvgIpc) is 2.41. The second-order valence-electron chi connectivity index (χ2n) is 3.57. The van der Waals surface area contributed by atoms with Gasteiger partial charge in [-0.1, -0.05) is 53.6 Å². The molecule has 0 unspecified atom stereocenters. The zero-order valence-corrected chi connectivity index (χ0v) is 14.1. The first-order valence-corrected chi connectivity index (χ1v) is 5.79. The number of hydrogen-bond acceptors (Lipinski definition) is 0. The maximum absolute atomic E-state index is 5.52. The SMILES string of the molecule is Clc1cc[c-]cc1.[Br-].[Mg+2].c1ccc2ccccc2c1. The van der Waals surface area contributed by atoms with Crippen LogP contribution in [0.15, 0.2) is 72.8 Å². The second-order valence-corrected chi connectivity index (χ2v) is 4.00. The second kappa shape index (κ2) is 10.3. The van der Waals surface area contributed by atoms with Crippen LogP contribution in [0.2, 0.25) is 5.02 Å². The molecule has 0 saturated heterocycles. The van der Waals surface area contributed by atoms with E-state index in [2.05, 4.69) is 54.6 Å². The molecule has 0 fully saturated rings. The maximum Gasteiger partial charge on any atom is 2.00 e. The van der Waals surface area contributed by atoms with Gasteiger partial charge in [0.1, 0.15) is 0 Å². The summed E-state index contributed by atoms with van der Waals surface area (Å²) in [5.74, 6) is 0. The molecule has 0 aliphatic heterocycles. The topological polar surface area (TPSA) is 0 Å². The summed E-state index contributed by atoms with van der Waals surface area (Å²) in [6.45, 7) is 0. The smallest absolute Gasteiger partial charge is 1.00 e. The first kappa shape index (κ1) is 18.5. The van der Waals surface area contributed by atoms with Crippen LogP contribution in [0.3, 0.4) is 0 Å². The molecule has 19 heavy (non-hydrogen) atoms. The van der Waals surface area contributed by atoms with Gasteiger partial charge in [0.25, 0.3) is 0 Å². The Morgan fingerprint density at radius 2 is 1.05 bits per heavy atom. The number of fused-ring (bicyclic) bond motifs is 1. The van der Waals surface area contributed by atoms with E-state index in [1.165, 1.54) is 10.8 Å². The average molecular weight is 344 g/mol. The Morgan fingerprint density at radius 3 is 1.32 bits per heavy atom. The summed E-state index contributed by atoms with van der Waals surface area (Å²) in [4.78, 5) is 0. The molecular formula is C16H12BrClMg. The molecule has 0 heterocycles. The zero-order valence-electron chi connectivity index (χ0n) is 10.4. The molecule has 0 bridgehead atoms. The molecule has 0 aliphatic rings. The van der Waals surface area contributed by atoms with Gasteiger partial charge in [-0.25, -0.2) is 0 Å². The van der Waals surface area contributed by atoms with Gasteiger partial charge in [-0.3, -0.25) is 0 Å². The Kier molecular flexibility index (Phi) is 9.97. The van der Waals surface area contributed by atoms with Crippen LogP contribution in [-0.2, 0) is 0 Å². The van der Waals surface area contributed by atoms with E-state index in [1.54, 1.807) is 24.3 Å². The van der Waals surface area contributed by atoms with Crippen molar-refractivity contribution < 1.29 is 17.0 Å². The van der Waals surface area contributed by atoms with Crippen LogP contribution in [0, 0.1) is 6.07 Å². The molecule has 0 aliphatic carbocycles. The summed E-state index contributed by atoms with van der Waals surface area (Å²) in [5.41, 5.74) is 0. The molecule has 0 nitrogen and oxygen atoms in total. The quantitative estimate of drug-likeness (QED) is 0.430. The standard InChI is InChI=1S/C10H8.C6H4Cl.BrH.Mg/c1-2-6-10-8-4-3-7-9(10)5-1;7-6-4-2-1-3-5-6;;/h1-8H;2-5H;1H;/q;-1;;+2/p-1. The van der Waals surface area contributed by atoms with Crippen LogP contribution in [0.5, 0.6) is 0 Å². The van der Waals surface area contributed by atoms with E-state index in [-0.39, 0.29) is 40.0 Å². The molecule has 0 N–H and O–H groups in total. The molecule has 0 atom stereocenters. The fourth-order valence-corrected chi connectivity index (χ4v) is 1.63. The molecular weight excluding hydrogens is 332 g/mol. The monoisotopic (exact) mass is 342 g/mol. The van der Waals surface area contributed by atoms with Crippen LogP contribution in [0.1, 0.15) is 0 Å². The molecule has 3 aromatic carbocycles. The van der Waals surface area contributed by atoms with Crippen molar-refractivity contribution >= 4 is 45.4 Å². The Hall–Kier alpha value is -0.544. The van der Waals surface area contributed by atoms with Gasteiger partial charge in [-0.15, -0.1) is 11.6 Å². The molecule has 0 spiro atoms. The van der Waals surface area contributed by atoms with E-state index in [9.17, 15) is 0 Å². The van der Waals surface area contributed by atoms with Crippen LogP contribution >= 0.6 is 11.6 Å². The molecule has 3 aromatic rings.